The predicted octanol–water partition coefficient (Wildman–Crippen LogP) is 3.35. The van der Waals surface area contributed by atoms with Crippen LogP contribution in [0.5, 0.6) is 5.75 Å². The minimum absolute atomic E-state index is 0.150. The van der Waals surface area contributed by atoms with Gasteiger partial charge in [-0.3, -0.25) is 4.90 Å². The van der Waals surface area contributed by atoms with Crippen LogP contribution in [0.1, 0.15) is 41.8 Å². The quantitative estimate of drug-likeness (QED) is 0.450. The van der Waals surface area contributed by atoms with Gasteiger partial charge < -0.3 is 19.2 Å². The summed E-state index contributed by atoms with van der Waals surface area (Å²) in [6.45, 7) is 8.05. The number of aryl methyl sites for hydroxylation is 1. The molecule has 0 bridgehead atoms. The average Bonchev–Trinajstić information content (AvgIpc) is 3.04. The lowest BCUT2D eigenvalue weighted by Gasteiger charge is -2.23. The molecule has 1 aliphatic heterocycles. The number of phenols is 1. The summed E-state index contributed by atoms with van der Waals surface area (Å²) in [6, 6.07) is 8.61. The first-order chi connectivity index (χ1) is 16.0. The molecule has 4 rings (SSSR count). The molecule has 1 aliphatic rings. The highest BCUT2D eigenvalue weighted by atomic mass is 16.5. The van der Waals surface area contributed by atoms with Gasteiger partial charge >= 0.3 is 11.6 Å². The van der Waals surface area contributed by atoms with E-state index in [2.05, 4.69) is 14.8 Å². The Hall–Kier alpha value is -3.39. The molecule has 0 spiro atoms. The van der Waals surface area contributed by atoms with Crippen LogP contribution in [-0.4, -0.2) is 53.7 Å². The fourth-order valence-electron chi connectivity index (χ4n) is 4.23. The summed E-state index contributed by atoms with van der Waals surface area (Å²) in [6.07, 6.45) is 3.20. The largest absolute Gasteiger partial charge is 0.508 e. The number of esters is 1. The van der Waals surface area contributed by atoms with E-state index in [1.165, 1.54) is 6.07 Å². The van der Waals surface area contributed by atoms with Gasteiger partial charge in [0.2, 0.25) is 0 Å². The first kappa shape index (κ1) is 22.8. The Morgan fingerprint density at radius 1 is 1.12 bits per heavy atom. The Morgan fingerprint density at radius 2 is 1.97 bits per heavy atom. The zero-order valence-electron chi connectivity index (χ0n) is 19.0. The number of hydrogen-bond donors (Lipinski definition) is 1. The number of carbonyl (C=O) groups excluding carboxylic acids is 1. The van der Waals surface area contributed by atoms with Crippen molar-refractivity contribution in [1.82, 2.24) is 9.88 Å². The van der Waals surface area contributed by atoms with E-state index in [9.17, 15) is 14.7 Å². The van der Waals surface area contributed by atoms with Gasteiger partial charge in [0.25, 0.3) is 0 Å². The molecule has 0 aliphatic carbocycles. The normalized spacial score (nSPS) is 14.9. The minimum Gasteiger partial charge on any atom is -0.508 e. The Balaban J connectivity index is 1.48. The number of phenolic OH excluding ortho intramolecular Hbond substituents is 1. The second-order valence-corrected chi connectivity index (χ2v) is 8.16. The highest BCUT2D eigenvalue weighted by Crippen LogP contribution is 2.28. The summed E-state index contributed by atoms with van der Waals surface area (Å²) >= 11 is 0. The molecule has 2 aromatic heterocycles. The smallest absolute Gasteiger partial charge is 0.339 e. The molecule has 0 atom stereocenters. The molecule has 1 N–H and O–H groups in total. The van der Waals surface area contributed by atoms with Crippen LogP contribution < -0.4 is 10.5 Å². The molecule has 0 saturated carbocycles. The van der Waals surface area contributed by atoms with E-state index < -0.39 is 5.63 Å². The van der Waals surface area contributed by atoms with E-state index in [4.69, 9.17) is 9.15 Å². The SMILES string of the molecule is CCOC(=O)c1ccc(N2CCCN(Cc3cc(=O)oc4cc(O)c(CC)cc34)CC2)nc1. The third kappa shape index (κ3) is 5.17. The van der Waals surface area contributed by atoms with E-state index in [1.807, 2.05) is 19.1 Å². The molecule has 0 unspecified atom stereocenters. The van der Waals surface area contributed by atoms with Gasteiger partial charge in [0.15, 0.2) is 0 Å². The molecule has 33 heavy (non-hydrogen) atoms. The molecule has 1 fully saturated rings. The van der Waals surface area contributed by atoms with Gasteiger partial charge in [-0.05, 0) is 49.1 Å². The van der Waals surface area contributed by atoms with E-state index in [1.54, 1.807) is 25.3 Å². The van der Waals surface area contributed by atoms with E-state index >= 15 is 0 Å². The zero-order chi connectivity index (χ0) is 23.4. The van der Waals surface area contributed by atoms with Crippen molar-refractivity contribution in [3.05, 3.63) is 63.6 Å². The molecule has 1 aromatic carbocycles. The van der Waals surface area contributed by atoms with Crippen molar-refractivity contribution in [2.24, 2.45) is 0 Å². The van der Waals surface area contributed by atoms with Crippen LogP contribution in [-0.2, 0) is 17.7 Å². The fraction of sp³-hybridized carbons (Fsp3) is 0.400. The second-order valence-electron chi connectivity index (χ2n) is 8.16. The van der Waals surface area contributed by atoms with Gasteiger partial charge in [0.1, 0.15) is 17.2 Å². The van der Waals surface area contributed by atoms with Crippen molar-refractivity contribution >= 4 is 22.8 Å². The maximum Gasteiger partial charge on any atom is 0.339 e. The highest BCUT2D eigenvalue weighted by Gasteiger charge is 2.19. The third-order valence-corrected chi connectivity index (χ3v) is 5.98. The summed E-state index contributed by atoms with van der Waals surface area (Å²) < 4.78 is 10.4. The molecular formula is C25H29N3O5. The summed E-state index contributed by atoms with van der Waals surface area (Å²) in [7, 11) is 0. The van der Waals surface area contributed by atoms with Crippen molar-refractivity contribution in [2.75, 3.05) is 37.7 Å². The van der Waals surface area contributed by atoms with Crippen LogP contribution in [0.15, 0.2) is 45.7 Å². The molecule has 3 aromatic rings. The average molecular weight is 452 g/mol. The Morgan fingerprint density at radius 3 is 2.70 bits per heavy atom. The Bertz CT molecular complexity index is 1190. The van der Waals surface area contributed by atoms with Crippen LogP contribution in [0, 0.1) is 0 Å². The first-order valence-electron chi connectivity index (χ1n) is 11.4. The molecule has 1 saturated heterocycles. The summed E-state index contributed by atoms with van der Waals surface area (Å²) in [5, 5.41) is 11.0. The monoisotopic (exact) mass is 451 g/mol. The van der Waals surface area contributed by atoms with E-state index in [0.717, 1.165) is 54.9 Å². The maximum atomic E-state index is 12.1. The van der Waals surface area contributed by atoms with Crippen molar-refractivity contribution < 1.29 is 19.1 Å². The standard InChI is InChI=1S/C25H29N3O5/c1-3-17-12-20-19(13-24(30)33-22(20)14-21(17)29)16-27-8-5-9-28(11-10-27)23-7-6-18(15-26-23)25(31)32-4-2/h6-7,12-15,29H,3-5,8-11,16H2,1-2H3. The fourth-order valence-corrected chi connectivity index (χ4v) is 4.23. The summed E-state index contributed by atoms with van der Waals surface area (Å²) in [5.74, 6) is 0.619. The number of aromatic hydroxyl groups is 1. The van der Waals surface area contributed by atoms with Crippen LogP contribution in [0.4, 0.5) is 5.82 Å². The lowest BCUT2D eigenvalue weighted by molar-refractivity contribution is 0.0526. The molecule has 8 nitrogen and oxygen atoms in total. The van der Waals surface area contributed by atoms with Crippen LogP contribution in [0.25, 0.3) is 11.0 Å². The minimum atomic E-state index is -0.413. The maximum absolute atomic E-state index is 12.1. The Labute approximate surface area is 192 Å². The molecule has 0 radical (unpaired) electrons. The van der Waals surface area contributed by atoms with Gasteiger partial charge in [-0.15, -0.1) is 0 Å². The number of fused-ring (bicyclic) bond motifs is 1. The van der Waals surface area contributed by atoms with E-state index in [-0.39, 0.29) is 11.7 Å². The van der Waals surface area contributed by atoms with Gasteiger partial charge in [0, 0.05) is 56.4 Å². The summed E-state index contributed by atoms with van der Waals surface area (Å²) in [4.78, 5) is 33.0. The second kappa shape index (κ2) is 10.0. The van der Waals surface area contributed by atoms with Crippen molar-refractivity contribution in [3.8, 4) is 5.75 Å². The number of nitrogens with zero attached hydrogens (tertiary/aromatic N) is 3. The van der Waals surface area contributed by atoms with Crippen molar-refractivity contribution in [1.29, 1.82) is 0 Å². The van der Waals surface area contributed by atoms with Gasteiger partial charge in [-0.2, -0.15) is 0 Å². The zero-order valence-corrected chi connectivity index (χ0v) is 19.0. The number of rotatable bonds is 6. The molecule has 8 heteroatoms. The van der Waals surface area contributed by atoms with Gasteiger partial charge in [-0.1, -0.05) is 6.92 Å². The highest BCUT2D eigenvalue weighted by molar-refractivity contribution is 5.89. The van der Waals surface area contributed by atoms with Crippen LogP contribution >= 0.6 is 0 Å². The first-order valence-corrected chi connectivity index (χ1v) is 11.4. The number of pyridine rings is 1. The Kier molecular flexibility index (Phi) is 6.93. The lowest BCUT2D eigenvalue weighted by atomic mass is 10.0. The molecule has 0 amide bonds. The number of anilines is 1. The summed E-state index contributed by atoms with van der Waals surface area (Å²) in [5.41, 5.74) is 2.18. The van der Waals surface area contributed by atoms with Crippen molar-refractivity contribution in [2.45, 2.75) is 33.2 Å². The topological polar surface area (TPSA) is 96.1 Å². The van der Waals surface area contributed by atoms with Crippen LogP contribution in [0.3, 0.4) is 0 Å². The predicted molar refractivity (Wildman–Crippen MR) is 126 cm³/mol. The number of hydrogen-bond acceptors (Lipinski definition) is 8. The number of ether oxygens (including phenoxy) is 1. The lowest BCUT2D eigenvalue weighted by Crippen LogP contribution is -2.31. The molecule has 3 heterocycles. The van der Waals surface area contributed by atoms with E-state index in [0.29, 0.717) is 30.7 Å². The van der Waals surface area contributed by atoms with Gasteiger partial charge in [0.05, 0.1) is 12.2 Å². The van der Waals surface area contributed by atoms with Crippen LogP contribution in [0.2, 0.25) is 0 Å². The third-order valence-electron chi connectivity index (χ3n) is 5.98. The van der Waals surface area contributed by atoms with Crippen molar-refractivity contribution in [3.63, 3.8) is 0 Å². The van der Waals surface area contributed by atoms with Gasteiger partial charge in [-0.25, -0.2) is 14.6 Å². The number of benzene rings is 1. The molecule has 174 valence electrons. The molecular weight excluding hydrogens is 422 g/mol. The number of aromatic nitrogens is 1. The number of carbonyl (C=O) groups is 1.